The Morgan fingerprint density at radius 2 is 1.31 bits per heavy atom. The van der Waals surface area contributed by atoms with Crippen LogP contribution in [0.1, 0.15) is 81.1 Å². The van der Waals surface area contributed by atoms with Gasteiger partial charge in [0.25, 0.3) is 0 Å². The molecule has 0 heterocycles. The zero-order valence-electron chi connectivity index (χ0n) is 22.9. The summed E-state index contributed by atoms with van der Waals surface area (Å²) in [6, 6.07) is 21.8. The van der Waals surface area contributed by atoms with Gasteiger partial charge in [-0.1, -0.05) is 82.3 Å². The minimum atomic E-state index is -4.17. The average molecular weight is 541 g/mol. The molecule has 0 aromatic heterocycles. The lowest BCUT2D eigenvalue weighted by atomic mass is 9.94. The number of alkyl halides is 3. The molecule has 1 atom stereocenters. The van der Waals surface area contributed by atoms with Crippen molar-refractivity contribution < 1.29 is 27.4 Å². The second kappa shape index (κ2) is 15.3. The van der Waals surface area contributed by atoms with E-state index < -0.39 is 18.1 Å². The van der Waals surface area contributed by atoms with Crippen LogP contribution in [-0.4, -0.2) is 18.8 Å². The second-order valence-electron chi connectivity index (χ2n) is 9.96. The smallest absolute Gasteiger partial charge is 0.391 e. The van der Waals surface area contributed by atoms with Crippen LogP contribution in [0.4, 0.5) is 13.2 Å². The molecule has 39 heavy (non-hydrogen) atoms. The van der Waals surface area contributed by atoms with Crippen molar-refractivity contribution in [2.45, 2.75) is 77.8 Å². The molecule has 0 aliphatic heterocycles. The van der Waals surface area contributed by atoms with E-state index in [1.54, 1.807) is 36.4 Å². The first-order valence-electron chi connectivity index (χ1n) is 14.0. The summed E-state index contributed by atoms with van der Waals surface area (Å²) in [5, 5.41) is 0. The number of hydrogen-bond donors (Lipinski definition) is 0. The van der Waals surface area contributed by atoms with Crippen LogP contribution in [0, 0.1) is 5.92 Å². The van der Waals surface area contributed by atoms with E-state index >= 15 is 0 Å². The normalized spacial score (nSPS) is 12.2. The third-order valence-corrected chi connectivity index (χ3v) is 6.86. The van der Waals surface area contributed by atoms with Gasteiger partial charge < -0.3 is 9.47 Å². The third kappa shape index (κ3) is 10.1. The average Bonchev–Trinajstić information content (AvgIpc) is 2.93. The van der Waals surface area contributed by atoms with Gasteiger partial charge in [0, 0.05) is 0 Å². The molecule has 0 saturated carbocycles. The lowest BCUT2D eigenvalue weighted by Crippen LogP contribution is -2.23. The molecule has 0 aliphatic rings. The van der Waals surface area contributed by atoms with E-state index in [-0.39, 0.29) is 12.8 Å². The molecule has 1 unspecified atom stereocenters. The third-order valence-electron chi connectivity index (χ3n) is 6.86. The summed E-state index contributed by atoms with van der Waals surface area (Å²) < 4.78 is 51.1. The number of carbonyl (C=O) groups excluding carboxylic acids is 1. The number of ether oxygens (including phenoxy) is 2. The summed E-state index contributed by atoms with van der Waals surface area (Å²) in [4.78, 5) is 12.6. The Bertz CT molecular complexity index is 1120. The number of unbranched alkanes of at least 4 members (excludes halogenated alkanes) is 4. The number of hydrogen-bond acceptors (Lipinski definition) is 3. The predicted molar refractivity (Wildman–Crippen MR) is 150 cm³/mol. The molecule has 3 aromatic carbocycles. The second-order valence-corrected chi connectivity index (χ2v) is 9.96. The highest BCUT2D eigenvalue weighted by Gasteiger charge is 2.38. The van der Waals surface area contributed by atoms with Crippen LogP contribution in [0.25, 0.3) is 11.1 Å². The van der Waals surface area contributed by atoms with Gasteiger partial charge in [0.05, 0.1) is 18.1 Å². The van der Waals surface area contributed by atoms with Gasteiger partial charge in [-0.05, 0) is 78.8 Å². The molecule has 0 radical (unpaired) electrons. The first kappa shape index (κ1) is 30.3. The number of halogens is 3. The molecule has 0 aliphatic carbocycles. The quantitative estimate of drug-likeness (QED) is 0.109. The minimum Gasteiger partial charge on any atom is -0.494 e. The molecule has 0 N–H and O–H groups in total. The van der Waals surface area contributed by atoms with E-state index in [1.807, 2.05) is 43.3 Å². The summed E-state index contributed by atoms with van der Waals surface area (Å²) in [5.41, 5.74) is 3.20. The molecule has 6 heteroatoms. The van der Waals surface area contributed by atoms with Gasteiger partial charge in [-0.25, -0.2) is 4.79 Å². The van der Waals surface area contributed by atoms with E-state index in [9.17, 15) is 18.0 Å². The van der Waals surface area contributed by atoms with Gasteiger partial charge in [-0.15, -0.1) is 0 Å². The van der Waals surface area contributed by atoms with E-state index in [4.69, 9.17) is 9.47 Å². The Kier molecular flexibility index (Phi) is 11.9. The lowest BCUT2D eigenvalue weighted by Gasteiger charge is -2.20. The fourth-order valence-corrected chi connectivity index (χ4v) is 4.41. The molecule has 0 bridgehead atoms. The molecule has 0 fully saturated rings. The van der Waals surface area contributed by atoms with Gasteiger partial charge in [0.2, 0.25) is 0 Å². The maximum atomic E-state index is 13.3. The number of esters is 1. The number of benzene rings is 3. The van der Waals surface area contributed by atoms with Crippen molar-refractivity contribution in [2.75, 3.05) is 6.61 Å². The van der Waals surface area contributed by atoms with Crippen LogP contribution in [0.3, 0.4) is 0 Å². The van der Waals surface area contributed by atoms with Gasteiger partial charge in [-0.3, -0.25) is 0 Å². The molecular formula is C33H39F3O3. The maximum absolute atomic E-state index is 13.3. The highest BCUT2D eigenvalue weighted by Crippen LogP contribution is 2.34. The predicted octanol–water partition coefficient (Wildman–Crippen LogP) is 9.83. The summed E-state index contributed by atoms with van der Waals surface area (Å²) in [5.74, 6) is -0.572. The summed E-state index contributed by atoms with van der Waals surface area (Å²) in [6.07, 6.45) is 2.36. The molecule has 3 rings (SSSR count). The highest BCUT2D eigenvalue weighted by atomic mass is 19.4. The fourth-order valence-electron chi connectivity index (χ4n) is 4.41. The lowest BCUT2D eigenvalue weighted by molar-refractivity contribution is -0.178. The molecule has 3 aromatic rings. The van der Waals surface area contributed by atoms with Gasteiger partial charge in [0.15, 0.2) is 0 Å². The van der Waals surface area contributed by atoms with Gasteiger partial charge in [0.1, 0.15) is 11.5 Å². The summed E-state index contributed by atoms with van der Waals surface area (Å²) in [7, 11) is 0. The Morgan fingerprint density at radius 3 is 1.90 bits per heavy atom. The van der Waals surface area contributed by atoms with Crippen molar-refractivity contribution in [3.8, 4) is 22.6 Å². The monoisotopic (exact) mass is 540 g/mol. The molecular weight excluding hydrogens is 501 g/mol. The van der Waals surface area contributed by atoms with Crippen molar-refractivity contribution in [2.24, 2.45) is 5.92 Å². The van der Waals surface area contributed by atoms with Crippen LogP contribution in [-0.2, 0) is 6.42 Å². The summed E-state index contributed by atoms with van der Waals surface area (Å²) >= 11 is 0. The van der Waals surface area contributed by atoms with Crippen molar-refractivity contribution in [1.29, 1.82) is 0 Å². The van der Waals surface area contributed by atoms with Gasteiger partial charge >= 0.3 is 12.1 Å². The zero-order chi connectivity index (χ0) is 28.1. The number of carbonyl (C=O) groups is 1. The first-order valence-corrected chi connectivity index (χ1v) is 14.0. The van der Waals surface area contributed by atoms with Crippen LogP contribution in [0.15, 0.2) is 72.8 Å². The number of rotatable bonds is 15. The van der Waals surface area contributed by atoms with E-state index in [0.717, 1.165) is 41.9 Å². The molecule has 3 nitrogen and oxygen atoms in total. The Balaban J connectivity index is 1.50. The molecule has 210 valence electrons. The first-order chi connectivity index (χ1) is 18.8. The Labute approximate surface area is 230 Å². The molecule has 0 amide bonds. The van der Waals surface area contributed by atoms with E-state index in [0.29, 0.717) is 24.2 Å². The van der Waals surface area contributed by atoms with Crippen molar-refractivity contribution in [1.82, 2.24) is 0 Å². The van der Waals surface area contributed by atoms with Crippen LogP contribution in [0.5, 0.6) is 11.5 Å². The van der Waals surface area contributed by atoms with Gasteiger partial charge in [-0.2, -0.15) is 13.2 Å². The summed E-state index contributed by atoms with van der Waals surface area (Å²) in [6.45, 7) is 4.80. The minimum absolute atomic E-state index is 0.0593. The standard InChI is InChI=1S/C33H39F3O3/c1-3-5-7-8-24-38-30-22-17-27(18-23-30)26-13-15-28(16-14-26)32(37)39-31-20-11-25(12-21-31)10-19-29(9-6-4-2)33(34,35)36/h11-18,20-23,29H,3-10,19,24H2,1-2H3. The fraction of sp³-hybridized carbons (Fsp3) is 0.424. The zero-order valence-corrected chi connectivity index (χ0v) is 22.9. The van der Waals surface area contributed by atoms with Crippen molar-refractivity contribution in [3.05, 3.63) is 83.9 Å². The van der Waals surface area contributed by atoms with Crippen LogP contribution < -0.4 is 9.47 Å². The van der Waals surface area contributed by atoms with E-state index in [2.05, 4.69) is 6.92 Å². The van der Waals surface area contributed by atoms with Crippen molar-refractivity contribution in [3.63, 3.8) is 0 Å². The van der Waals surface area contributed by atoms with Crippen molar-refractivity contribution >= 4 is 5.97 Å². The topological polar surface area (TPSA) is 35.5 Å². The Morgan fingerprint density at radius 1 is 0.718 bits per heavy atom. The molecule has 0 spiro atoms. The largest absolute Gasteiger partial charge is 0.494 e. The van der Waals surface area contributed by atoms with E-state index in [1.165, 1.54) is 19.3 Å². The maximum Gasteiger partial charge on any atom is 0.391 e. The highest BCUT2D eigenvalue weighted by molar-refractivity contribution is 5.91. The SMILES string of the molecule is CCCCCCOc1ccc(-c2ccc(C(=O)Oc3ccc(CCC(CCCC)C(F)(F)F)cc3)cc2)cc1. The number of aryl methyl sites for hydroxylation is 1. The molecule has 0 saturated heterocycles. The Hall–Kier alpha value is -3.28. The van der Waals surface area contributed by atoms with Crippen LogP contribution in [0.2, 0.25) is 0 Å². The van der Waals surface area contributed by atoms with Crippen LogP contribution >= 0.6 is 0 Å².